The van der Waals surface area contributed by atoms with E-state index in [-0.39, 0.29) is 25.0 Å². The number of hydrogen-bond donors (Lipinski definition) is 0. The maximum atomic E-state index is 12.6. The van der Waals surface area contributed by atoms with Crippen LogP contribution >= 0.6 is 11.6 Å². The van der Waals surface area contributed by atoms with Gasteiger partial charge in [-0.3, -0.25) is 4.79 Å². The van der Waals surface area contributed by atoms with E-state index in [1.807, 2.05) is 4.90 Å². The third kappa shape index (κ3) is 4.45. The third-order valence-electron chi connectivity index (χ3n) is 3.88. The van der Waals surface area contributed by atoms with Crippen LogP contribution in [0, 0.1) is 5.92 Å². The Morgan fingerprint density at radius 3 is 2.43 bits per heavy atom. The monoisotopic (exact) mass is 319 g/mol. The maximum absolute atomic E-state index is 12.6. The van der Waals surface area contributed by atoms with Crippen LogP contribution < -0.4 is 0 Å². The van der Waals surface area contributed by atoms with E-state index in [4.69, 9.17) is 11.6 Å². The highest BCUT2D eigenvalue weighted by Gasteiger charge is 2.40. The highest BCUT2D eigenvalue weighted by Crippen LogP contribution is 2.34. The molecule has 1 aromatic rings. The van der Waals surface area contributed by atoms with Crippen LogP contribution in [0.15, 0.2) is 24.3 Å². The average molecular weight is 320 g/mol. The number of alkyl halides is 3. The van der Waals surface area contributed by atoms with Gasteiger partial charge in [-0.2, -0.15) is 13.2 Å². The predicted octanol–water partition coefficient (Wildman–Crippen LogP) is 4.19. The molecule has 1 aliphatic heterocycles. The Kier molecular flexibility index (Phi) is 5.27. The number of rotatable bonds is 4. The van der Waals surface area contributed by atoms with E-state index >= 15 is 0 Å². The summed E-state index contributed by atoms with van der Waals surface area (Å²) in [6, 6.07) is 6.82. The molecule has 1 aliphatic rings. The van der Waals surface area contributed by atoms with Gasteiger partial charge in [0.2, 0.25) is 0 Å². The van der Waals surface area contributed by atoms with Gasteiger partial charge in [-0.1, -0.05) is 23.7 Å². The summed E-state index contributed by atoms with van der Waals surface area (Å²) in [4.78, 5) is 14.0. The van der Waals surface area contributed by atoms with Gasteiger partial charge in [-0.25, -0.2) is 0 Å². The smallest absolute Gasteiger partial charge is 0.303 e. The highest BCUT2D eigenvalue weighted by atomic mass is 35.5. The number of benzene rings is 1. The van der Waals surface area contributed by atoms with Gasteiger partial charge < -0.3 is 4.90 Å². The second kappa shape index (κ2) is 6.79. The van der Waals surface area contributed by atoms with E-state index in [2.05, 4.69) is 0 Å². The molecule has 0 aromatic heterocycles. The van der Waals surface area contributed by atoms with Crippen LogP contribution in [0.3, 0.4) is 0 Å². The molecule has 0 radical (unpaired) electrons. The van der Waals surface area contributed by atoms with Crippen molar-refractivity contribution in [2.45, 2.75) is 25.4 Å². The predicted molar refractivity (Wildman–Crippen MR) is 75.6 cm³/mol. The summed E-state index contributed by atoms with van der Waals surface area (Å²) >= 11 is 5.95. The topological polar surface area (TPSA) is 20.3 Å². The molecule has 2 rings (SSSR count). The van der Waals surface area contributed by atoms with Crippen LogP contribution in [-0.4, -0.2) is 36.5 Å². The fraction of sp³-hybridized carbons (Fsp3) is 0.533. The van der Waals surface area contributed by atoms with Gasteiger partial charge >= 0.3 is 6.18 Å². The first-order chi connectivity index (χ1) is 9.88. The zero-order valence-electron chi connectivity index (χ0n) is 11.5. The lowest BCUT2D eigenvalue weighted by Crippen LogP contribution is -2.39. The van der Waals surface area contributed by atoms with Gasteiger partial charge in [-0.05, 0) is 38.1 Å². The number of Topliss-reactive ketones (excluding diaryl/α,β-unsaturated/α-hetero) is 1. The maximum Gasteiger partial charge on any atom is 0.391 e. The lowest BCUT2D eigenvalue weighted by atomic mass is 9.96. The van der Waals surface area contributed by atoms with Crippen LogP contribution in [0.2, 0.25) is 5.02 Å². The molecule has 0 atom stereocenters. The third-order valence-corrected chi connectivity index (χ3v) is 4.21. The first-order valence-electron chi connectivity index (χ1n) is 6.94. The summed E-state index contributed by atoms with van der Waals surface area (Å²) in [5.41, 5.74) is 0.476. The number of carbonyl (C=O) groups is 1. The van der Waals surface area contributed by atoms with E-state index < -0.39 is 12.1 Å². The molecular weight excluding hydrogens is 303 g/mol. The molecule has 6 heteroatoms. The van der Waals surface area contributed by atoms with Crippen molar-refractivity contribution in [2.75, 3.05) is 19.6 Å². The van der Waals surface area contributed by atoms with E-state index in [0.29, 0.717) is 30.2 Å². The molecule has 2 nitrogen and oxygen atoms in total. The summed E-state index contributed by atoms with van der Waals surface area (Å²) in [5.74, 6) is -1.27. The Labute approximate surface area is 126 Å². The van der Waals surface area contributed by atoms with Crippen molar-refractivity contribution >= 4 is 17.4 Å². The second-order valence-electron chi connectivity index (χ2n) is 5.31. The van der Waals surface area contributed by atoms with Crippen molar-refractivity contribution in [3.63, 3.8) is 0 Å². The minimum Gasteiger partial charge on any atom is -0.303 e. The van der Waals surface area contributed by atoms with E-state index in [1.54, 1.807) is 24.3 Å². The van der Waals surface area contributed by atoms with Crippen molar-refractivity contribution < 1.29 is 18.0 Å². The van der Waals surface area contributed by atoms with Crippen molar-refractivity contribution in [1.29, 1.82) is 0 Å². The molecule has 0 bridgehead atoms. The van der Waals surface area contributed by atoms with E-state index in [0.717, 1.165) is 0 Å². The molecule has 0 unspecified atom stereocenters. The first kappa shape index (κ1) is 16.3. The number of nitrogens with zero attached hydrogens (tertiary/aromatic N) is 1. The average Bonchev–Trinajstić information content (AvgIpc) is 2.45. The van der Waals surface area contributed by atoms with Crippen LogP contribution in [-0.2, 0) is 0 Å². The van der Waals surface area contributed by atoms with Crippen molar-refractivity contribution in [1.82, 2.24) is 4.90 Å². The molecule has 0 saturated carbocycles. The van der Waals surface area contributed by atoms with E-state index in [9.17, 15) is 18.0 Å². The molecule has 0 N–H and O–H groups in total. The molecule has 0 aliphatic carbocycles. The van der Waals surface area contributed by atoms with Gasteiger partial charge in [-0.15, -0.1) is 0 Å². The number of ketones is 1. The Hall–Kier alpha value is -1.07. The highest BCUT2D eigenvalue weighted by molar-refractivity contribution is 6.33. The molecule has 1 fully saturated rings. The van der Waals surface area contributed by atoms with Crippen LogP contribution in [0.25, 0.3) is 0 Å². The summed E-state index contributed by atoms with van der Waals surface area (Å²) < 4.78 is 37.7. The first-order valence-corrected chi connectivity index (χ1v) is 7.32. The standard InChI is InChI=1S/C15H17ClF3NO/c16-13-4-2-1-3-12(13)14(21)7-10-20-8-5-11(6-9-20)15(17,18)19/h1-4,11H,5-10H2. The zero-order chi connectivity index (χ0) is 15.5. The number of piperidine rings is 1. The van der Waals surface area contributed by atoms with Crippen LogP contribution in [0.1, 0.15) is 29.6 Å². The molecule has 1 aromatic carbocycles. The SMILES string of the molecule is O=C(CCN1CCC(C(F)(F)F)CC1)c1ccccc1Cl. The number of halogens is 4. The molecule has 1 saturated heterocycles. The molecule has 0 spiro atoms. The summed E-state index contributed by atoms with van der Waals surface area (Å²) in [5, 5.41) is 0.415. The Bertz CT molecular complexity index is 496. The molecule has 21 heavy (non-hydrogen) atoms. The van der Waals surface area contributed by atoms with Crippen LogP contribution in [0.4, 0.5) is 13.2 Å². The molecular formula is C15H17ClF3NO. The van der Waals surface area contributed by atoms with Crippen molar-refractivity contribution in [3.8, 4) is 0 Å². The molecule has 0 amide bonds. The zero-order valence-corrected chi connectivity index (χ0v) is 12.3. The fourth-order valence-electron chi connectivity index (χ4n) is 2.57. The minimum atomic E-state index is -4.10. The van der Waals surface area contributed by atoms with Gasteiger partial charge in [0.05, 0.1) is 10.9 Å². The number of likely N-dealkylation sites (tertiary alicyclic amines) is 1. The summed E-state index contributed by atoms with van der Waals surface area (Å²) in [7, 11) is 0. The van der Waals surface area contributed by atoms with Gasteiger partial charge in [0.15, 0.2) is 5.78 Å². The molecule has 1 heterocycles. The largest absolute Gasteiger partial charge is 0.391 e. The summed E-state index contributed by atoms with van der Waals surface area (Å²) in [6.07, 6.45) is -3.59. The minimum absolute atomic E-state index is 0.0708. The Morgan fingerprint density at radius 2 is 1.86 bits per heavy atom. The van der Waals surface area contributed by atoms with Crippen molar-refractivity contribution in [3.05, 3.63) is 34.9 Å². The van der Waals surface area contributed by atoms with E-state index in [1.165, 1.54) is 0 Å². The molecule has 116 valence electrons. The van der Waals surface area contributed by atoms with Gasteiger partial charge in [0.1, 0.15) is 0 Å². The Balaban J connectivity index is 1.80. The quantitative estimate of drug-likeness (QED) is 0.776. The number of carbonyl (C=O) groups excluding carboxylic acids is 1. The summed E-state index contributed by atoms with van der Waals surface area (Å²) in [6.45, 7) is 1.26. The fourth-order valence-corrected chi connectivity index (χ4v) is 2.81. The van der Waals surface area contributed by atoms with Gasteiger partial charge in [0, 0.05) is 18.5 Å². The van der Waals surface area contributed by atoms with Crippen molar-refractivity contribution in [2.24, 2.45) is 5.92 Å². The van der Waals surface area contributed by atoms with Crippen LogP contribution in [0.5, 0.6) is 0 Å². The Morgan fingerprint density at radius 1 is 1.24 bits per heavy atom. The lowest BCUT2D eigenvalue weighted by Gasteiger charge is -2.32. The second-order valence-corrected chi connectivity index (χ2v) is 5.72. The lowest BCUT2D eigenvalue weighted by molar-refractivity contribution is -0.185. The normalized spacial score (nSPS) is 17.9. The number of hydrogen-bond acceptors (Lipinski definition) is 2. The van der Waals surface area contributed by atoms with Gasteiger partial charge in [0.25, 0.3) is 0 Å².